The summed E-state index contributed by atoms with van der Waals surface area (Å²) in [5, 5.41) is 0.442. The molecular weight excluding hydrogens is 251 g/mol. The minimum absolute atomic E-state index is 0.154. The second-order valence-corrected chi connectivity index (χ2v) is 3.55. The van der Waals surface area contributed by atoms with Crippen LogP contribution in [-0.2, 0) is 0 Å². The number of hydrogen-bond acceptors (Lipinski definition) is 5. The molecule has 0 amide bonds. The number of carbonyl (C=O) groups excluding carboxylic acids is 1. The Kier molecular flexibility index (Phi) is 3.07. The Balaban J connectivity index is 2.32. The highest BCUT2D eigenvalue weighted by molar-refractivity contribution is 6.29. The van der Waals surface area contributed by atoms with Crippen LogP contribution in [0.5, 0.6) is 0 Å². The van der Waals surface area contributed by atoms with Crippen molar-refractivity contribution in [3.63, 3.8) is 0 Å². The van der Waals surface area contributed by atoms with Crippen molar-refractivity contribution in [1.82, 2.24) is 19.9 Å². The van der Waals surface area contributed by atoms with Gasteiger partial charge in [-0.1, -0.05) is 23.2 Å². The summed E-state index contributed by atoms with van der Waals surface area (Å²) in [6.07, 6.45) is 5.14. The van der Waals surface area contributed by atoms with Gasteiger partial charge < -0.3 is 0 Å². The first-order valence-corrected chi connectivity index (χ1v) is 4.92. The molecule has 0 radical (unpaired) electrons. The van der Waals surface area contributed by atoms with Crippen molar-refractivity contribution in [2.75, 3.05) is 0 Å². The Morgan fingerprint density at radius 3 is 1.56 bits per heavy atom. The molecule has 0 aliphatic heterocycles. The predicted octanol–water partition coefficient (Wildman–Crippen LogP) is 1.80. The summed E-state index contributed by atoms with van der Waals surface area (Å²) >= 11 is 11.1. The SMILES string of the molecule is O=C(c1cnc(Cl)cn1)c1cnc(Cl)cn1. The first-order chi connectivity index (χ1) is 7.66. The highest BCUT2D eigenvalue weighted by Gasteiger charge is 2.12. The van der Waals surface area contributed by atoms with E-state index >= 15 is 0 Å². The number of halogens is 2. The van der Waals surface area contributed by atoms with Gasteiger partial charge in [0.25, 0.3) is 0 Å². The number of ketones is 1. The van der Waals surface area contributed by atoms with E-state index < -0.39 is 0 Å². The number of aromatic nitrogens is 4. The van der Waals surface area contributed by atoms with Gasteiger partial charge in [-0.15, -0.1) is 0 Å². The monoisotopic (exact) mass is 254 g/mol. The van der Waals surface area contributed by atoms with Gasteiger partial charge in [-0.05, 0) is 0 Å². The van der Waals surface area contributed by atoms with Gasteiger partial charge in [-0.2, -0.15) is 0 Å². The zero-order valence-electron chi connectivity index (χ0n) is 7.76. The van der Waals surface area contributed by atoms with Crippen molar-refractivity contribution >= 4 is 29.0 Å². The standard InChI is InChI=1S/C9H4Cl2N4O/c10-7-3-12-5(1-14-7)9(16)6-2-15-8(11)4-13-6/h1-4H. The normalized spacial score (nSPS) is 10.1. The molecule has 2 heterocycles. The van der Waals surface area contributed by atoms with Crippen molar-refractivity contribution in [3.05, 3.63) is 46.5 Å². The van der Waals surface area contributed by atoms with Crippen molar-refractivity contribution in [2.24, 2.45) is 0 Å². The van der Waals surface area contributed by atoms with Crippen LogP contribution in [-0.4, -0.2) is 25.7 Å². The number of nitrogens with zero attached hydrogens (tertiary/aromatic N) is 4. The van der Waals surface area contributed by atoms with E-state index in [1.165, 1.54) is 24.8 Å². The van der Waals surface area contributed by atoms with Crippen LogP contribution in [0.3, 0.4) is 0 Å². The summed E-state index contributed by atoms with van der Waals surface area (Å²) < 4.78 is 0. The van der Waals surface area contributed by atoms with E-state index in [0.29, 0.717) is 0 Å². The Bertz CT molecular complexity index is 465. The van der Waals surface area contributed by atoms with Crippen LogP contribution in [0, 0.1) is 0 Å². The molecule has 0 saturated carbocycles. The first-order valence-electron chi connectivity index (χ1n) is 4.16. The molecule has 2 aromatic rings. The fraction of sp³-hybridized carbons (Fsp3) is 0. The highest BCUT2D eigenvalue weighted by Crippen LogP contribution is 2.07. The number of carbonyl (C=O) groups is 1. The Morgan fingerprint density at radius 1 is 0.812 bits per heavy atom. The summed E-state index contributed by atoms with van der Waals surface area (Å²) in [6.45, 7) is 0. The third kappa shape index (κ3) is 2.32. The molecule has 0 fully saturated rings. The molecule has 2 rings (SSSR count). The summed E-state index contributed by atoms with van der Waals surface area (Å²) in [4.78, 5) is 26.9. The lowest BCUT2D eigenvalue weighted by atomic mass is 10.2. The maximum absolute atomic E-state index is 11.8. The van der Waals surface area contributed by atoms with Crippen molar-refractivity contribution in [3.8, 4) is 0 Å². The van der Waals surface area contributed by atoms with E-state index in [0.717, 1.165) is 0 Å². The zero-order chi connectivity index (χ0) is 11.5. The zero-order valence-corrected chi connectivity index (χ0v) is 9.27. The molecule has 7 heteroatoms. The second kappa shape index (κ2) is 4.51. The fourth-order valence-corrected chi connectivity index (χ4v) is 1.19. The molecule has 0 bridgehead atoms. The smallest absolute Gasteiger partial charge is 0.232 e. The number of rotatable bonds is 2. The highest BCUT2D eigenvalue weighted by atomic mass is 35.5. The lowest BCUT2D eigenvalue weighted by molar-refractivity contribution is 0.102. The van der Waals surface area contributed by atoms with Crippen molar-refractivity contribution in [1.29, 1.82) is 0 Å². The average molecular weight is 255 g/mol. The van der Waals surface area contributed by atoms with Gasteiger partial charge in [0.2, 0.25) is 5.78 Å². The maximum Gasteiger partial charge on any atom is 0.232 e. The first kappa shape index (κ1) is 10.9. The lowest BCUT2D eigenvalue weighted by Crippen LogP contribution is -2.07. The summed E-state index contributed by atoms with van der Waals surface area (Å²) in [5.41, 5.74) is 0.307. The van der Waals surface area contributed by atoms with E-state index in [2.05, 4.69) is 19.9 Å². The van der Waals surface area contributed by atoms with Crippen molar-refractivity contribution < 1.29 is 4.79 Å². The molecule has 0 unspecified atom stereocenters. The largest absolute Gasteiger partial charge is 0.285 e. The molecule has 0 aliphatic carbocycles. The van der Waals surface area contributed by atoms with E-state index in [1.54, 1.807) is 0 Å². The van der Waals surface area contributed by atoms with E-state index in [-0.39, 0.29) is 27.5 Å². The molecule has 80 valence electrons. The van der Waals surface area contributed by atoms with E-state index in [9.17, 15) is 4.79 Å². The van der Waals surface area contributed by atoms with Gasteiger partial charge in [0.1, 0.15) is 21.7 Å². The second-order valence-electron chi connectivity index (χ2n) is 2.78. The maximum atomic E-state index is 11.8. The molecule has 16 heavy (non-hydrogen) atoms. The lowest BCUT2D eigenvalue weighted by Gasteiger charge is -1.98. The van der Waals surface area contributed by atoms with Crippen LogP contribution in [0.2, 0.25) is 10.3 Å². The molecule has 5 nitrogen and oxygen atoms in total. The van der Waals surface area contributed by atoms with Gasteiger partial charge in [0.05, 0.1) is 24.8 Å². The van der Waals surface area contributed by atoms with Crippen LogP contribution < -0.4 is 0 Å². The Hall–Kier alpha value is -1.59. The third-order valence-corrected chi connectivity index (χ3v) is 2.10. The topological polar surface area (TPSA) is 68.6 Å². The average Bonchev–Trinajstić information content (AvgIpc) is 2.30. The van der Waals surface area contributed by atoms with Crippen LogP contribution >= 0.6 is 23.2 Å². The van der Waals surface area contributed by atoms with Crippen LogP contribution in [0.1, 0.15) is 16.2 Å². The fourth-order valence-electron chi connectivity index (χ4n) is 0.990. The Morgan fingerprint density at radius 2 is 1.25 bits per heavy atom. The molecule has 0 spiro atoms. The Labute approximate surface area is 101 Å². The predicted molar refractivity (Wildman–Crippen MR) is 57.5 cm³/mol. The molecule has 0 aliphatic rings. The quantitative estimate of drug-likeness (QED) is 0.765. The summed E-state index contributed by atoms with van der Waals surface area (Å²) in [6, 6.07) is 0. The third-order valence-electron chi connectivity index (χ3n) is 1.71. The molecular formula is C9H4Cl2N4O. The van der Waals surface area contributed by atoms with E-state index in [4.69, 9.17) is 23.2 Å². The molecule has 0 aromatic carbocycles. The minimum atomic E-state index is -0.381. The van der Waals surface area contributed by atoms with Gasteiger partial charge in [-0.3, -0.25) is 4.79 Å². The van der Waals surface area contributed by atoms with Gasteiger partial charge in [-0.25, -0.2) is 19.9 Å². The molecule has 2 aromatic heterocycles. The van der Waals surface area contributed by atoms with Crippen LogP contribution in [0.25, 0.3) is 0 Å². The van der Waals surface area contributed by atoms with Gasteiger partial charge in [0, 0.05) is 0 Å². The molecule has 0 atom stereocenters. The minimum Gasteiger partial charge on any atom is -0.285 e. The van der Waals surface area contributed by atoms with Crippen LogP contribution in [0.15, 0.2) is 24.8 Å². The van der Waals surface area contributed by atoms with Gasteiger partial charge in [0.15, 0.2) is 0 Å². The number of hydrogen-bond donors (Lipinski definition) is 0. The van der Waals surface area contributed by atoms with Crippen LogP contribution in [0.4, 0.5) is 0 Å². The van der Waals surface area contributed by atoms with E-state index in [1.807, 2.05) is 0 Å². The molecule has 0 N–H and O–H groups in total. The van der Waals surface area contributed by atoms with Crippen molar-refractivity contribution in [2.45, 2.75) is 0 Å². The summed E-state index contributed by atoms with van der Waals surface area (Å²) in [5.74, 6) is -0.381. The van der Waals surface area contributed by atoms with Gasteiger partial charge >= 0.3 is 0 Å². The summed E-state index contributed by atoms with van der Waals surface area (Å²) in [7, 11) is 0. The molecule has 0 saturated heterocycles.